The number of esters is 1. The van der Waals surface area contributed by atoms with Crippen LogP contribution in [0.15, 0.2) is 63.5 Å². The van der Waals surface area contributed by atoms with Gasteiger partial charge in [0.1, 0.15) is 17.5 Å². The van der Waals surface area contributed by atoms with Gasteiger partial charge in [0.25, 0.3) is 5.56 Å². The van der Waals surface area contributed by atoms with Gasteiger partial charge in [-0.2, -0.15) is 0 Å². The number of carbonyl (C=O) groups is 1. The predicted octanol–water partition coefficient (Wildman–Crippen LogP) is 5.62. The van der Waals surface area contributed by atoms with Crippen molar-refractivity contribution in [1.82, 2.24) is 9.13 Å². The number of aromatic nitrogens is 2. The number of benzene rings is 2. The van der Waals surface area contributed by atoms with E-state index in [4.69, 9.17) is 19.2 Å². The first-order valence-electron chi connectivity index (χ1n) is 14.8. The molecule has 0 N–H and O–H groups in total. The Labute approximate surface area is 261 Å². The van der Waals surface area contributed by atoms with Crippen LogP contribution in [0.1, 0.15) is 66.4 Å². The molecule has 4 aromatic rings. The Morgan fingerprint density at radius 1 is 1.02 bits per heavy atom. The maximum Gasteiger partial charge on any atom is 0.338 e. The second-order valence-electron chi connectivity index (χ2n) is 10.9. The van der Waals surface area contributed by atoms with Gasteiger partial charge in [0, 0.05) is 17.0 Å². The van der Waals surface area contributed by atoms with Gasteiger partial charge in [0.05, 0.1) is 42.3 Å². The van der Waals surface area contributed by atoms with E-state index in [1.165, 1.54) is 22.5 Å². The number of allylic oxidation sites excluding steroid dienone is 1. The van der Waals surface area contributed by atoms with E-state index in [2.05, 4.69) is 56.5 Å². The molecule has 8 nitrogen and oxygen atoms in total. The topological polar surface area (TPSA) is 84.0 Å². The van der Waals surface area contributed by atoms with E-state index in [0.29, 0.717) is 44.1 Å². The summed E-state index contributed by atoms with van der Waals surface area (Å²) in [6.07, 6.45) is 3.26. The number of hydrogen-bond acceptors (Lipinski definition) is 7. The third-order valence-electron chi connectivity index (χ3n) is 8.04. The van der Waals surface area contributed by atoms with Crippen molar-refractivity contribution in [1.29, 1.82) is 0 Å². The number of carbonyl (C=O) groups excluding carboxylic acids is 1. The number of fused-ring (bicyclic) bond motifs is 1. The third kappa shape index (κ3) is 5.41. The van der Waals surface area contributed by atoms with Crippen LogP contribution in [0.3, 0.4) is 0 Å². The first-order chi connectivity index (χ1) is 21.1. The Morgan fingerprint density at radius 2 is 1.75 bits per heavy atom. The first-order valence-corrected chi connectivity index (χ1v) is 15.7. The molecule has 0 saturated heterocycles. The zero-order valence-corrected chi connectivity index (χ0v) is 27.4. The lowest BCUT2D eigenvalue weighted by atomic mass is 9.93. The van der Waals surface area contributed by atoms with Crippen LogP contribution in [-0.4, -0.2) is 35.9 Å². The average molecular weight is 614 g/mol. The molecule has 5 rings (SSSR count). The summed E-state index contributed by atoms with van der Waals surface area (Å²) in [6, 6.07) is 13.0. The smallest absolute Gasteiger partial charge is 0.338 e. The molecule has 0 amide bonds. The molecule has 2 aromatic carbocycles. The number of para-hydroxylation sites is 1. The summed E-state index contributed by atoms with van der Waals surface area (Å²) < 4.78 is 21.2. The monoisotopic (exact) mass is 613 g/mol. The highest BCUT2D eigenvalue weighted by atomic mass is 32.1. The van der Waals surface area contributed by atoms with Crippen molar-refractivity contribution >= 4 is 23.4 Å². The van der Waals surface area contributed by atoms with Gasteiger partial charge in [-0.05, 0) is 88.1 Å². The minimum atomic E-state index is -0.805. The highest BCUT2D eigenvalue weighted by Crippen LogP contribution is 2.39. The number of rotatable bonds is 9. The Bertz CT molecular complexity index is 1940. The SMILES string of the molecule is CCCC1=C(C(=O)OCC)C(c2cc(OC)ccc2OC)n2c(sc(=Cc3cc(C)n(-c4c(C)cccc4C)c3C)c2=O)=N1. The van der Waals surface area contributed by atoms with Gasteiger partial charge < -0.3 is 18.8 Å². The van der Waals surface area contributed by atoms with E-state index in [-0.39, 0.29) is 12.2 Å². The van der Waals surface area contributed by atoms with Crippen molar-refractivity contribution in [2.45, 2.75) is 60.4 Å². The second-order valence-corrected chi connectivity index (χ2v) is 11.9. The molecular weight excluding hydrogens is 574 g/mol. The van der Waals surface area contributed by atoms with Crippen molar-refractivity contribution in [2.24, 2.45) is 4.99 Å². The van der Waals surface area contributed by atoms with Gasteiger partial charge in [-0.15, -0.1) is 0 Å². The van der Waals surface area contributed by atoms with E-state index in [1.807, 2.05) is 19.1 Å². The lowest BCUT2D eigenvalue weighted by molar-refractivity contribution is -0.139. The molecule has 0 aliphatic carbocycles. The summed E-state index contributed by atoms with van der Waals surface area (Å²) in [4.78, 5) is 33.4. The molecule has 0 fully saturated rings. The summed E-state index contributed by atoms with van der Waals surface area (Å²) >= 11 is 1.32. The summed E-state index contributed by atoms with van der Waals surface area (Å²) in [6.45, 7) is 12.4. The van der Waals surface area contributed by atoms with Gasteiger partial charge in [-0.1, -0.05) is 42.9 Å². The Balaban J connectivity index is 1.79. The molecule has 1 aliphatic rings. The number of aryl methyl sites for hydroxylation is 3. The van der Waals surface area contributed by atoms with Crippen molar-refractivity contribution in [3.8, 4) is 17.2 Å². The maximum atomic E-state index is 14.4. The van der Waals surface area contributed by atoms with Crippen LogP contribution in [0, 0.1) is 27.7 Å². The molecule has 1 aliphatic heterocycles. The highest BCUT2D eigenvalue weighted by molar-refractivity contribution is 7.07. The summed E-state index contributed by atoms with van der Waals surface area (Å²) in [5, 5.41) is 0. The zero-order valence-electron chi connectivity index (χ0n) is 26.6. The molecule has 3 heterocycles. The molecule has 9 heteroatoms. The van der Waals surface area contributed by atoms with Crippen LogP contribution in [0.2, 0.25) is 0 Å². The maximum absolute atomic E-state index is 14.4. The van der Waals surface area contributed by atoms with Crippen LogP contribution >= 0.6 is 11.3 Å². The number of ether oxygens (including phenoxy) is 3. The summed E-state index contributed by atoms with van der Waals surface area (Å²) in [5.74, 6) is 0.613. The zero-order chi connectivity index (χ0) is 31.7. The third-order valence-corrected chi connectivity index (χ3v) is 9.03. The summed E-state index contributed by atoms with van der Waals surface area (Å²) in [7, 11) is 3.15. The van der Waals surface area contributed by atoms with Crippen LogP contribution in [0.4, 0.5) is 0 Å². The van der Waals surface area contributed by atoms with E-state index >= 15 is 0 Å². The van der Waals surface area contributed by atoms with Crippen molar-refractivity contribution in [3.63, 3.8) is 0 Å². The Morgan fingerprint density at radius 3 is 2.39 bits per heavy atom. The quantitative estimate of drug-likeness (QED) is 0.229. The normalized spacial score (nSPS) is 14.8. The molecule has 1 unspecified atom stereocenters. The van der Waals surface area contributed by atoms with E-state index < -0.39 is 12.0 Å². The molecule has 0 radical (unpaired) electrons. The molecule has 0 spiro atoms. The van der Waals surface area contributed by atoms with Crippen molar-refractivity contribution in [3.05, 3.63) is 107 Å². The molecule has 2 aromatic heterocycles. The highest BCUT2D eigenvalue weighted by Gasteiger charge is 2.36. The summed E-state index contributed by atoms with van der Waals surface area (Å²) in [5.41, 5.74) is 7.91. The van der Waals surface area contributed by atoms with E-state index in [9.17, 15) is 9.59 Å². The minimum Gasteiger partial charge on any atom is -0.497 e. The van der Waals surface area contributed by atoms with Gasteiger partial charge in [0.15, 0.2) is 4.80 Å². The lowest BCUT2D eigenvalue weighted by Crippen LogP contribution is -2.40. The fourth-order valence-electron chi connectivity index (χ4n) is 6.05. The van der Waals surface area contributed by atoms with Crippen LogP contribution in [-0.2, 0) is 9.53 Å². The van der Waals surface area contributed by atoms with Gasteiger partial charge >= 0.3 is 5.97 Å². The van der Waals surface area contributed by atoms with Crippen LogP contribution < -0.4 is 24.4 Å². The predicted molar refractivity (Wildman–Crippen MR) is 174 cm³/mol. The Hall–Kier alpha value is -4.37. The molecule has 1 atom stereocenters. The van der Waals surface area contributed by atoms with Gasteiger partial charge in [0.2, 0.25) is 0 Å². The van der Waals surface area contributed by atoms with Gasteiger partial charge in [-0.25, -0.2) is 9.79 Å². The fourth-order valence-corrected chi connectivity index (χ4v) is 7.06. The molecule has 44 heavy (non-hydrogen) atoms. The number of thiazole rings is 1. The van der Waals surface area contributed by atoms with Gasteiger partial charge in [-0.3, -0.25) is 9.36 Å². The Kier molecular flexibility index (Phi) is 8.97. The number of nitrogens with zero attached hydrogens (tertiary/aromatic N) is 3. The van der Waals surface area contributed by atoms with Crippen LogP contribution in [0.25, 0.3) is 11.8 Å². The lowest BCUT2D eigenvalue weighted by Gasteiger charge is -2.27. The number of hydrogen-bond donors (Lipinski definition) is 0. The van der Waals surface area contributed by atoms with Crippen LogP contribution in [0.5, 0.6) is 11.5 Å². The van der Waals surface area contributed by atoms with Crippen molar-refractivity contribution in [2.75, 3.05) is 20.8 Å². The largest absolute Gasteiger partial charge is 0.497 e. The van der Waals surface area contributed by atoms with E-state index in [0.717, 1.165) is 29.1 Å². The minimum absolute atomic E-state index is 0.199. The molecule has 0 bridgehead atoms. The number of methoxy groups -OCH3 is 2. The fraction of sp³-hybridized carbons (Fsp3) is 0.343. The molecular formula is C35H39N3O5S. The molecule has 0 saturated carbocycles. The second kappa shape index (κ2) is 12.7. The first kappa shape index (κ1) is 31.1. The molecule has 230 valence electrons. The standard InChI is InChI=1S/C35H39N3O5S/c1-9-12-27-30(34(40)43-10-2)32(26-19-25(41-7)15-16-28(26)42-8)38-33(39)29(44-35(38)36-27)18-24-17-22(5)37(23(24)6)31-20(3)13-11-14-21(31)4/h11,13-19,32H,9-10,12H2,1-8H3. The average Bonchev–Trinajstić information content (AvgIpc) is 3.46. The van der Waals surface area contributed by atoms with Crippen molar-refractivity contribution < 1.29 is 19.0 Å². The van der Waals surface area contributed by atoms with E-state index in [1.54, 1.807) is 37.8 Å².